The summed E-state index contributed by atoms with van der Waals surface area (Å²) in [4.78, 5) is 21.3. The molecule has 0 aromatic heterocycles. The lowest BCUT2D eigenvalue weighted by Gasteiger charge is -2.14. The lowest BCUT2D eigenvalue weighted by Crippen LogP contribution is -2.34. The minimum atomic E-state index is -0.469. The molecule has 0 aliphatic carbocycles. The maximum atomic E-state index is 11.3. The monoisotopic (exact) mass is 206 g/mol. The van der Waals surface area contributed by atoms with E-state index in [0.717, 1.165) is 17.2 Å². The summed E-state index contributed by atoms with van der Waals surface area (Å²) in [6.45, 7) is 5.25. The molecule has 4 nitrogen and oxygen atoms in total. The van der Waals surface area contributed by atoms with Gasteiger partial charge in [0.2, 0.25) is 0 Å². The van der Waals surface area contributed by atoms with E-state index in [4.69, 9.17) is 5.84 Å². The van der Waals surface area contributed by atoms with E-state index in [1.54, 1.807) is 31.2 Å². The maximum absolute atomic E-state index is 11.3. The average Bonchev–Trinajstić information content (AvgIpc) is 2.26. The van der Waals surface area contributed by atoms with Gasteiger partial charge in [0, 0.05) is 6.08 Å². The molecule has 0 rings (SSSR count). The van der Waals surface area contributed by atoms with Gasteiger partial charge in [-0.25, -0.2) is 10.9 Å². The number of hydrazine groups is 1. The van der Waals surface area contributed by atoms with Crippen LogP contribution in [0, 0.1) is 0 Å². The Morgan fingerprint density at radius 1 is 1.33 bits per heavy atom. The second-order valence-electron chi connectivity index (χ2n) is 2.51. The highest BCUT2D eigenvalue weighted by atomic mass is 16.2. The van der Waals surface area contributed by atoms with E-state index in [1.807, 2.05) is 0 Å². The Bertz CT molecular complexity index is 327. The summed E-state index contributed by atoms with van der Waals surface area (Å²) in [5.41, 5.74) is 0.524. The van der Waals surface area contributed by atoms with E-state index in [9.17, 15) is 9.59 Å². The number of amides is 1. The molecule has 1 amide bonds. The molecule has 15 heavy (non-hydrogen) atoms. The molecule has 0 saturated carbocycles. The third-order valence-corrected chi connectivity index (χ3v) is 1.53. The molecule has 2 N–H and O–H groups in total. The first-order chi connectivity index (χ1) is 7.17. The van der Waals surface area contributed by atoms with E-state index in [-0.39, 0.29) is 0 Å². The Morgan fingerprint density at radius 3 is 2.47 bits per heavy atom. The molecule has 0 radical (unpaired) electrons. The molecule has 0 aromatic carbocycles. The lowest BCUT2D eigenvalue weighted by atomic mass is 10.3. The molecule has 4 heteroatoms. The van der Waals surface area contributed by atoms with Crippen molar-refractivity contribution in [3.63, 3.8) is 0 Å². The molecule has 0 unspecified atom stereocenters. The first-order valence-electron chi connectivity index (χ1n) is 4.33. The van der Waals surface area contributed by atoms with Gasteiger partial charge < -0.3 is 0 Å². The predicted octanol–water partition coefficient (Wildman–Crippen LogP) is 1.09. The number of carbonyl (C=O) groups is 2. The van der Waals surface area contributed by atoms with E-state index < -0.39 is 5.91 Å². The Kier molecular flexibility index (Phi) is 6.50. The zero-order valence-corrected chi connectivity index (χ0v) is 8.59. The largest absolute Gasteiger partial charge is 0.299 e. The first-order valence-corrected chi connectivity index (χ1v) is 4.33. The molecule has 0 aromatic rings. The first kappa shape index (κ1) is 13.1. The molecular formula is C11H14N2O2. The zero-order valence-electron chi connectivity index (χ0n) is 8.59. The molecule has 0 aliphatic heterocycles. The molecule has 0 heterocycles. The smallest absolute Gasteiger partial charge is 0.265 e. The number of aldehydes is 1. The van der Waals surface area contributed by atoms with E-state index in [2.05, 4.69) is 6.58 Å². The van der Waals surface area contributed by atoms with Crippen molar-refractivity contribution in [1.82, 2.24) is 5.01 Å². The van der Waals surface area contributed by atoms with Crippen molar-refractivity contribution in [3.05, 3.63) is 48.7 Å². The Balaban J connectivity index is 4.66. The fourth-order valence-electron chi connectivity index (χ4n) is 0.811. The van der Waals surface area contributed by atoms with Crippen LogP contribution in [0.15, 0.2) is 48.7 Å². The summed E-state index contributed by atoms with van der Waals surface area (Å²) in [7, 11) is 0. The quantitative estimate of drug-likeness (QED) is 0.183. The van der Waals surface area contributed by atoms with Crippen LogP contribution in [-0.2, 0) is 9.59 Å². The van der Waals surface area contributed by atoms with Gasteiger partial charge in [-0.1, -0.05) is 24.8 Å². The van der Waals surface area contributed by atoms with Gasteiger partial charge in [0.05, 0.1) is 5.70 Å². The number of nitrogens with zero attached hydrogens (tertiary/aromatic N) is 1. The van der Waals surface area contributed by atoms with Crippen molar-refractivity contribution in [2.75, 3.05) is 0 Å². The normalized spacial score (nSPS) is 12.0. The van der Waals surface area contributed by atoms with Crippen molar-refractivity contribution in [3.8, 4) is 0 Å². The summed E-state index contributed by atoms with van der Waals surface area (Å²) in [5, 5.41) is 0.944. The minimum absolute atomic E-state index is 0.469. The molecule has 0 aliphatic rings. The number of hydrogen-bond donors (Lipinski definition) is 1. The van der Waals surface area contributed by atoms with E-state index in [1.165, 1.54) is 0 Å². The Hall–Kier alpha value is -1.94. The summed E-state index contributed by atoms with van der Waals surface area (Å²) in [6, 6.07) is 0. The second kappa shape index (κ2) is 7.46. The molecule has 0 atom stereocenters. The van der Waals surface area contributed by atoms with Crippen LogP contribution in [-0.4, -0.2) is 17.2 Å². The number of hydrogen-bond acceptors (Lipinski definition) is 3. The van der Waals surface area contributed by atoms with Crippen LogP contribution in [0.4, 0.5) is 0 Å². The van der Waals surface area contributed by atoms with Crippen molar-refractivity contribution >= 4 is 12.2 Å². The van der Waals surface area contributed by atoms with Crippen LogP contribution in [0.1, 0.15) is 6.92 Å². The van der Waals surface area contributed by atoms with E-state index >= 15 is 0 Å². The van der Waals surface area contributed by atoms with Gasteiger partial charge in [-0.05, 0) is 19.1 Å². The standard InChI is InChI=1S/C11H14N2O2/c1-3-5-7-10(4-2)13(12)11(15)8-6-9-14/h3-9H,1,12H2,2H3/b7-5-,8-6-,10-4+. The van der Waals surface area contributed by atoms with Crippen LogP contribution < -0.4 is 5.84 Å². The van der Waals surface area contributed by atoms with Gasteiger partial charge >= 0.3 is 0 Å². The second-order valence-corrected chi connectivity index (χ2v) is 2.51. The number of nitrogens with two attached hydrogens (primary N) is 1. The van der Waals surface area contributed by atoms with Crippen LogP contribution in [0.3, 0.4) is 0 Å². The van der Waals surface area contributed by atoms with Gasteiger partial charge in [-0.15, -0.1) is 0 Å². The third-order valence-electron chi connectivity index (χ3n) is 1.53. The fraction of sp³-hybridized carbons (Fsp3) is 0.0909. The summed E-state index contributed by atoms with van der Waals surface area (Å²) >= 11 is 0. The van der Waals surface area contributed by atoms with E-state index in [0.29, 0.717) is 12.0 Å². The van der Waals surface area contributed by atoms with Crippen LogP contribution in [0.25, 0.3) is 0 Å². The molecule has 0 fully saturated rings. The molecular weight excluding hydrogens is 192 g/mol. The topological polar surface area (TPSA) is 63.4 Å². The zero-order chi connectivity index (χ0) is 11.7. The Morgan fingerprint density at radius 2 is 2.00 bits per heavy atom. The Labute approximate surface area is 89.0 Å². The van der Waals surface area contributed by atoms with Crippen LogP contribution in [0.2, 0.25) is 0 Å². The summed E-state index contributed by atoms with van der Waals surface area (Å²) < 4.78 is 0. The van der Waals surface area contributed by atoms with Gasteiger partial charge in [0.1, 0.15) is 6.29 Å². The highest BCUT2D eigenvalue weighted by Gasteiger charge is 2.07. The SMILES string of the molecule is C=C/C=C\C(=C/C)N(N)C(=O)/C=C\C=O. The third kappa shape index (κ3) is 4.73. The lowest BCUT2D eigenvalue weighted by molar-refractivity contribution is -0.124. The van der Waals surface area contributed by atoms with Gasteiger partial charge in [0.25, 0.3) is 5.91 Å². The number of allylic oxidation sites excluding steroid dienone is 5. The summed E-state index contributed by atoms with van der Waals surface area (Å²) in [6.07, 6.45) is 9.24. The fourth-order valence-corrected chi connectivity index (χ4v) is 0.811. The minimum Gasteiger partial charge on any atom is -0.299 e. The average molecular weight is 206 g/mol. The molecule has 0 saturated heterocycles. The van der Waals surface area contributed by atoms with Crippen molar-refractivity contribution < 1.29 is 9.59 Å². The molecule has 0 spiro atoms. The maximum Gasteiger partial charge on any atom is 0.265 e. The van der Waals surface area contributed by atoms with Gasteiger partial charge in [0.15, 0.2) is 0 Å². The van der Waals surface area contributed by atoms with Crippen molar-refractivity contribution in [2.24, 2.45) is 5.84 Å². The highest BCUT2D eigenvalue weighted by Crippen LogP contribution is 2.02. The summed E-state index contributed by atoms with van der Waals surface area (Å²) in [5.74, 6) is 5.05. The van der Waals surface area contributed by atoms with Crippen LogP contribution >= 0.6 is 0 Å². The molecule has 80 valence electrons. The molecule has 0 bridgehead atoms. The van der Waals surface area contributed by atoms with Crippen molar-refractivity contribution in [1.29, 1.82) is 0 Å². The van der Waals surface area contributed by atoms with Gasteiger partial charge in [-0.2, -0.15) is 0 Å². The predicted molar refractivity (Wildman–Crippen MR) is 59.3 cm³/mol. The van der Waals surface area contributed by atoms with Crippen LogP contribution in [0.5, 0.6) is 0 Å². The number of rotatable bonds is 5. The van der Waals surface area contributed by atoms with Gasteiger partial charge in [-0.3, -0.25) is 9.59 Å². The highest BCUT2D eigenvalue weighted by molar-refractivity contribution is 5.91. The number of carbonyl (C=O) groups excluding carboxylic acids is 2. The van der Waals surface area contributed by atoms with Crippen molar-refractivity contribution in [2.45, 2.75) is 6.92 Å².